The van der Waals surface area contributed by atoms with E-state index in [0.717, 1.165) is 25.1 Å². The lowest BCUT2D eigenvalue weighted by molar-refractivity contribution is 0.308. The SMILES string of the molecule is CCCCOc1cncc([B-](F)(F)F)c1. The van der Waals surface area contributed by atoms with E-state index in [0.29, 0.717) is 6.61 Å². The zero-order chi connectivity index (χ0) is 11.3. The van der Waals surface area contributed by atoms with E-state index in [1.807, 2.05) is 6.92 Å². The van der Waals surface area contributed by atoms with Crippen LogP contribution in [0.5, 0.6) is 5.75 Å². The van der Waals surface area contributed by atoms with Crippen molar-refractivity contribution < 1.29 is 17.7 Å². The van der Waals surface area contributed by atoms with Crippen LogP contribution < -0.4 is 10.2 Å². The predicted molar refractivity (Wildman–Crippen MR) is 53.4 cm³/mol. The van der Waals surface area contributed by atoms with Crippen molar-refractivity contribution >= 4 is 12.4 Å². The zero-order valence-electron chi connectivity index (χ0n) is 8.42. The van der Waals surface area contributed by atoms with Crippen molar-refractivity contribution in [3.63, 3.8) is 0 Å². The van der Waals surface area contributed by atoms with Crippen LogP contribution in [0.4, 0.5) is 12.9 Å². The average Bonchev–Trinajstić information content (AvgIpc) is 2.17. The summed E-state index contributed by atoms with van der Waals surface area (Å²) in [5, 5.41) is 0. The van der Waals surface area contributed by atoms with Gasteiger partial charge in [0, 0.05) is 6.20 Å². The topological polar surface area (TPSA) is 22.1 Å². The van der Waals surface area contributed by atoms with Crippen LogP contribution in [0.25, 0.3) is 0 Å². The molecule has 0 unspecified atom stereocenters. The molecule has 0 saturated heterocycles. The number of hydrogen-bond donors (Lipinski definition) is 0. The third-order valence-corrected chi connectivity index (χ3v) is 1.88. The molecule has 0 saturated carbocycles. The molecule has 0 atom stereocenters. The Labute approximate surface area is 86.5 Å². The van der Waals surface area contributed by atoms with Crippen molar-refractivity contribution in [2.75, 3.05) is 6.61 Å². The minimum Gasteiger partial charge on any atom is -0.492 e. The standard InChI is InChI=1S/C9H12BF3NO/c1-2-3-4-15-9-5-8(6-14-7-9)10(11,12)13/h5-7H,2-4H2,1H3/q-1. The van der Waals surface area contributed by atoms with Crippen molar-refractivity contribution in [1.29, 1.82) is 0 Å². The molecule has 1 aromatic rings. The van der Waals surface area contributed by atoms with Gasteiger partial charge in [-0.15, -0.1) is 0 Å². The number of ether oxygens (including phenoxy) is 1. The number of halogens is 3. The van der Waals surface area contributed by atoms with Gasteiger partial charge in [0.25, 0.3) is 0 Å². The molecule has 0 N–H and O–H groups in total. The highest BCUT2D eigenvalue weighted by molar-refractivity contribution is 6.73. The minimum absolute atomic E-state index is 0.181. The number of pyridine rings is 1. The molecule has 0 fully saturated rings. The van der Waals surface area contributed by atoms with Gasteiger partial charge in [0.2, 0.25) is 0 Å². The van der Waals surface area contributed by atoms with Crippen LogP contribution in [-0.2, 0) is 0 Å². The number of aromatic nitrogens is 1. The molecule has 6 heteroatoms. The van der Waals surface area contributed by atoms with Gasteiger partial charge in [-0.2, -0.15) is 0 Å². The van der Waals surface area contributed by atoms with Crippen molar-refractivity contribution in [2.24, 2.45) is 0 Å². The lowest BCUT2D eigenvalue weighted by Gasteiger charge is -2.15. The molecule has 1 aromatic heterocycles. The Morgan fingerprint density at radius 1 is 1.33 bits per heavy atom. The first kappa shape index (κ1) is 11.9. The molecular formula is C9H12BF3NO-. The van der Waals surface area contributed by atoms with Crippen molar-refractivity contribution in [3.05, 3.63) is 18.5 Å². The van der Waals surface area contributed by atoms with Crippen LogP contribution in [0, 0.1) is 0 Å². The van der Waals surface area contributed by atoms with Gasteiger partial charge in [0.15, 0.2) is 0 Å². The highest BCUT2D eigenvalue weighted by atomic mass is 19.4. The summed E-state index contributed by atoms with van der Waals surface area (Å²) >= 11 is 0. The van der Waals surface area contributed by atoms with E-state index in [1.54, 1.807) is 0 Å². The summed E-state index contributed by atoms with van der Waals surface area (Å²) in [4.78, 5) is 3.50. The highest BCUT2D eigenvalue weighted by Gasteiger charge is 2.26. The summed E-state index contributed by atoms with van der Waals surface area (Å²) in [5.41, 5.74) is -0.719. The molecule has 0 aliphatic carbocycles. The quantitative estimate of drug-likeness (QED) is 0.558. The second kappa shape index (κ2) is 5.05. The number of unbranched alkanes of at least 4 members (excludes halogenated alkanes) is 1. The second-order valence-corrected chi connectivity index (χ2v) is 3.23. The number of hydrogen-bond acceptors (Lipinski definition) is 2. The lowest BCUT2D eigenvalue weighted by atomic mass is 9.81. The fraction of sp³-hybridized carbons (Fsp3) is 0.444. The zero-order valence-corrected chi connectivity index (χ0v) is 8.42. The van der Waals surface area contributed by atoms with Crippen LogP contribution in [0.3, 0.4) is 0 Å². The molecule has 2 nitrogen and oxygen atoms in total. The van der Waals surface area contributed by atoms with Crippen molar-refractivity contribution in [2.45, 2.75) is 19.8 Å². The van der Waals surface area contributed by atoms with E-state index in [-0.39, 0.29) is 5.75 Å². The van der Waals surface area contributed by atoms with Crippen molar-refractivity contribution in [3.8, 4) is 5.75 Å². The van der Waals surface area contributed by atoms with Crippen LogP contribution in [0.15, 0.2) is 18.5 Å². The molecule has 0 bridgehead atoms. The van der Waals surface area contributed by atoms with Gasteiger partial charge in [-0.1, -0.05) is 18.8 Å². The minimum atomic E-state index is -4.99. The van der Waals surface area contributed by atoms with Crippen LogP contribution in [-0.4, -0.2) is 18.6 Å². The maximum Gasteiger partial charge on any atom is 0.511 e. The molecular weight excluding hydrogens is 206 g/mol. The Bertz CT molecular complexity index is 316. The average molecular weight is 218 g/mol. The largest absolute Gasteiger partial charge is 0.511 e. The fourth-order valence-corrected chi connectivity index (χ4v) is 1.03. The van der Waals surface area contributed by atoms with Crippen molar-refractivity contribution in [1.82, 2.24) is 4.98 Å². The van der Waals surface area contributed by atoms with Crippen LogP contribution in [0.2, 0.25) is 0 Å². The summed E-state index contributed by atoms with van der Waals surface area (Å²) in [7, 11) is 0. The van der Waals surface area contributed by atoms with Gasteiger partial charge in [-0.3, -0.25) is 4.98 Å². The third kappa shape index (κ3) is 3.81. The van der Waals surface area contributed by atoms with E-state index < -0.39 is 12.4 Å². The highest BCUT2D eigenvalue weighted by Crippen LogP contribution is 2.13. The first-order valence-electron chi connectivity index (χ1n) is 4.81. The first-order chi connectivity index (χ1) is 7.04. The second-order valence-electron chi connectivity index (χ2n) is 3.23. The fourth-order valence-electron chi connectivity index (χ4n) is 1.03. The summed E-state index contributed by atoms with van der Waals surface area (Å²) in [6.45, 7) is -2.58. The molecule has 1 heterocycles. The van der Waals surface area contributed by atoms with E-state index in [9.17, 15) is 12.9 Å². The van der Waals surface area contributed by atoms with Gasteiger partial charge >= 0.3 is 6.98 Å². The Balaban J connectivity index is 2.66. The van der Waals surface area contributed by atoms with E-state index in [2.05, 4.69) is 4.98 Å². The maximum atomic E-state index is 12.3. The van der Waals surface area contributed by atoms with Gasteiger partial charge in [-0.05, 0) is 12.5 Å². The number of nitrogens with zero attached hydrogens (tertiary/aromatic N) is 1. The lowest BCUT2D eigenvalue weighted by Crippen LogP contribution is -2.34. The summed E-state index contributed by atoms with van der Waals surface area (Å²) in [6.07, 6.45) is 3.87. The summed E-state index contributed by atoms with van der Waals surface area (Å²) < 4.78 is 42.1. The Morgan fingerprint density at radius 3 is 2.67 bits per heavy atom. The van der Waals surface area contributed by atoms with Gasteiger partial charge < -0.3 is 17.7 Å². The Kier molecular flexibility index (Phi) is 4.00. The summed E-state index contributed by atoms with van der Waals surface area (Å²) in [5.74, 6) is 0.181. The monoisotopic (exact) mass is 218 g/mol. The molecule has 0 aromatic carbocycles. The number of rotatable bonds is 5. The van der Waals surface area contributed by atoms with Gasteiger partial charge in [-0.25, -0.2) is 0 Å². The molecule has 0 radical (unpaired) electrons. The normalized spacial score (nSPS) is 11.5. The molecule has 84 valence electrons. The van der Waals surface area contributed by atoms with Gasteiger partial charge in [0.05, 0.1) is 12.8 Å². The molecule has 1 rings (SSSR count). The molecule has 0 amide bonds. The molecule has 0 aliphatic heterocycles. The Hall–Kier alpha value is -1.20. The molecule has 0 spiro atoms. The van der Waals surface area contributed by atoms with Crippen LogP contribution in [0.1, 0.15) is 19.8 Å². The maximum absolute atomic E-state index is 12.3. The molecule has 0 aliphatic rings. The van der Waals surface area contributed by atoms with E-state index >= 15 is 0 Å². The molecule has 15 heavy (non-hydrogen) atoms. The summed E-state index contributed by atoms with van der Waals surface area (Å²) in [6, 6.07) is 0.989. The smallest absolute Gasteiger partial charge is 0.492 e. The van der Waals surface area contributed by atoms with Crippen LogP contribution >= 0.6 is 0 Å². The third-order valence-electron chi connectivity index (χ3n) is 1.88. The first-order valence-corrected chi connectivity index (χ1v) is 4.81. The van der Waals surface area contributed by atoms with E-state index in [1.165, 1.54) is 6.20 Å². The van der Waals surface area contributed by atoms with E-state index in [4.69, 9.17) is 4.74 Å². The Morgan fingerprint density at radius 2 is 2.07 bits per heavy atom. The predicted octanol–water partition coefficient (Wildman–Crippen LogP) is 2.31. The van der Waals surface area contributed by atoms with Gasteiger partial charge in [0.1, 0.15) is 5.75 Å².